The number of nitrogens with one attached hydrogen (secondary N) is 3. The maximum atomic E-state index is 12.5. The van der Waals surface area contributed by atoms with E-state index in [-0.39, 0.29) is 30.9 Å². The van der Waals surface area contributed by atoms with Crippen molar-refractivity contribution in [2.24, 2.45) is 5.92 Å². The highest BCUT2D eigenvalue weighted by Crippen LogP contribution is 2.25. The molecule has 0 saturated carbocycles. The summed E-state index contributed by atoms with van der Waals surface area (Å²) in [6.07, 6.45) is -0.538. The predicted octanol–water partition coefficient (Wildman–Crippen LogP) is 2.40. The lowest BCUT2D eigenvalue weighted by Crippen LogP contribution is -2.25. The van der Waals surface area contributed by atoms with Gasteiger partial charge in [0.15, 0.2) is 5.82 Å². The molecule has 3 aromatic rings. The molecule has 33 heavy (non-hydrogen) atoms. The highest BCUT2D eigenvalue weighted by atomic mass is 19.4. The van der Waals surface area contributed by atoms with E-state index >= 15 is 0 Å². The normalized spacial score (nSPS) is 16.3. The molecule has 0 unspecified atom stereocenters. The van der Waals surface area contributed by atoms with Crippen molar-refractivity contribution in [1.29, 1.82) is 0 Å². The zero-order chi connectivity index (χ0) is 23.4. The van der Waals surface area contributed by atoms with E-state index in [2.05, 4.69) is 36.0 Å². The Balaban J connectivity index is 1.60. The van der Waals surface area contributed by atoms with Crippen molar-refractivity contribution in [3.8, 4) is 0 Å². The molecular formula is C20H23F3N8O2. The number of carbonyl (C=O) groups is 1. The van der Waals surface area contributed by atoms with Gasteiger partial charge in [0, 0.05) is 12.7 Å². The highest BCUT2D eigenvalue weighted by Gasteiger charge is 2.27. The van der Waals surface area contributed by atoms with E-state index in [0.29, 0.717) is 29.2 Å². The van der Waals surface area contributed by atoms with Crippen LogP contribution in [0, 0.1) is 12.8 Å². The van der Waals surface area contributed by atoms with Crippen molar-refractivity contribution in [3.05, 3.63) is 30.1 Å². The van der Waals surface area contributed by atoms with Crippen molar-refractivity contribution in [1.82, 2.24) is 30.0 Å². The van der Waals surface area contributed by atoms with Crippen LogP contribution < -0.4 is 16.0 Å². The zero-order valence-corrected chi connectivity index (χ0v) is 17.8. The highest BCUT2D eigenvalue weighted by molar-refractivity contribution is 5.94. The van der Waals surface area contributed by atoms with Crippen LogP contribution in [0.2, 0.25) is 0 Å². The van der Waals surface area contributed by atoms with Crippen LogP contribution in [0.5, 0.6) is 0 Å². The summed E-state index contributed by atoms with van der Waals surface area (Å²) in [6, 6.07) is 3.63. The monoisotopic (exact) mass is 464 g/mol. The summed E-state index contributed by atoms with van der Waals surface area (Å²) in [5, 5.41) is 13.2. The molecule has 0 spiro atoms. The van der Waals surface area contributed by atoms with Gasteiger partial charge in [0.05, 0.1) is 25.3 Å². The quantitative estimate of drug-likeness (QED) is 0.435. The third-order valence-electron chi connectivity index (χ3n) is 5.03. The van der Waals surface area contributed by atoms with Gasteiger partial charge in [-0.1, -0.05) is 6.07 Å². The Hall–Kier alpha value is -3.32. The van der Waals surface area contributed by atoms with Gasteiger partial charge in [-0.3, -0.25) is 14.8 Å². The van der Waals surface area contributed by atoms with Crippen molar-refractivity contribution in [3.63, 3.8) is 0 Å². The molecule has 3 aromatic heterocycles. The minimum absolute atomic E-state index is 0.0540. The summed E-state index contributed by atoms with van der Waals surface area (Å²) >= 11 is 0. The molecule has 0 aromatic carbocycles. The first-order valence-electron chi connectivity index (χ1n) is 10.4. The van der Waals surface area contributed by atoms with Gasteiger partial charge in [-0.25, -0.2) is 9.97 Å². The van der Waals surface area contributed by atoms with Crippen molar-refractivity contribution >= 4 is 34.5 Å². The van der Waals surface area contributed by atoms with Crippen LogP contribution in [0.15, 0.2) is 24.5 Å². The molecule has 1 saturated heterocycles. The summed E-state index contributed by atoms with van der Waals surface area (Å²) < 4.78 is 43.2. The number of halogens is 3. The third kappa shape index (κ3) is 5.93. The van der Waals surface area contributed by atoms with Crippen molar-refractivity contribution in [2.45, 2.75) is 26.1 Å². The number of aromatic nitrogens is 5. The fraction of sp³-hybridized carbons (Fsp3) is 0.450. The molecule has 10 nitrogen and oxygen atoms in total. The summed E-state index contributed by atoms with van der Waals surface area (Å²) in [5.74, 6) is 0.546. The first-order valence-corrected chi connectivity index (χ1v) is 10.4. The molecule has 3 N–H and O–H groups in total. The maximum absolute atomic E-state index is 12.5. The van der Waals surface area contributed by atoms with Gasteiger partial charge in [0.2, 0.25) is 11.9 Å². The predicted molar refractivity (Wildman–Crippen MR) is 114 cm³/mol. The number of fused-ring (bicyclic) bond motifs is 1. The fourth-order valence-electron chi connectivity index (χ4n) is 3.40. The number of hydrogen-bond acceptors (Lipinski definition) is 8. The van der Waals surface area contributed by atoms with E-state index in [1.807, 2.05) is 13.0 Å². The van der Waals surface area contributed by atoms with Crippen LogP contribution in [-0.2, 0) is 16.1 Å². The molecule has 4 heterocycles. The first kappa shape index (κ1) is 22.9. The van der Waals surface area contributed by atoms with Crippen LogP contribution in [0.4, 0.5) is 30.8 Å². The average Bonchev–Trinajstić information content (AvgIpc) is 3.43. The molecule has 1 atom stereocenters. The number of hydrogen-bond donors (Lipinski definition) is 3. The number of pyridine rings is 1. The largest absolute Gasteiger partial charge is 0.411 e. The van der Waals surface area contributed by atoms with Crippen LogP contribution >= 0.6 is 0 Å². The molecule has 13 heteroatoms. The number of anilines is 3. The van der Waals surface area contributed by atoms with E-state index in [4.69, 9.17) is 4.74 Å². The Kier molecular flexibility index (Phi) is 6.70. The van der Waals surface area contributed by atoms with Crippen molar-refractivity contribution in [2.75, 3.05) is 36.9 Å². The second-order valence-corrected chi connectivity index (χ2v) is 7.69. The number of rotatable bonds is 8. The third-order valence-corrected chi connectivity index (χ3v) is 5.03. The average molecular weight is 464 g/mol. The minimum atomic E-state index is -4.40. The van der Waals surface area contributed by atoms with Crippen LogP contribution in [-0.4, -0.2) is 63.1 Å². The summed E-state index contributed by atoms with van der Waals surface area (Å²) in [6.45, 7) is 1.77. The van der Waals surface area contributed by atoms with E-state index in [1.54, 1.807) is 12.3 Å². The molecule has 0 bridgehead atoms. The van der Waals surface area contributed by atoms with Gasteiger partial charge in [-0.15, -0.1) is 0 Å². The maximum Gasteiger partial charge on any atom is 0.411 e. The molecule has 4 rings (SSSR count). The summed E-state index contributed by atoms with van der Waals surface area (Å²) in [7, 11) is 0. The summed E-state index contributed by atoms with van der Waals surface area (Å²) in [4.78, 5) is 25.6. The summed E-state index contributed by atoms with van der Waals surface area (Å²) in [5.41, 5.74) is 1.84. The number of nitrogens with zero attached hydrogens (tertiary/aromatic N) is 5. The van der Waals surface area contributed by atoms with E-state index in [1.165, 1.54) is 10.9 Å². The second-order valence-electron chi connectivity index (χ2n) is 7.69. The number of alkyl halides is 3. The number of carbonyl (C=O) groups excluding carboxylic acids is 1. The smallest absolute Gasteiger partial charge is 0.370 e. The number of aryl methyl sites for hydroxylation is 1. The molecular weight excluding hydrogens is 441 g/mol. The molecule has 0 aliphatic carbocycles. The molecule has 1 aliphatic rings. The fourth-order valence-corrected chi connectivity index (χ4v) is 3.40. The van der Waals surface area contributed by atoms with Crippen LogP contribution in [0.25, 0.3) is 11.0 Å². The van der Waals surface area contributed by atoms with Gasteiger partial charge in [-0.05, 0) is 31.5 Å². The van der Waals surface area contributed by atoms with E-state index in [0.717, 1.165) is 18.5 Å². The molecule has 0 radical (unpaired) electrons. The molecule has 176 valence electrons. The minimum Gasteiger partial charge on any atom is -0.370 e. The Labute approximate surface area is 187 Å². The standard InChI is InChI=1S/C20H23F3N8O2/c1-12-2-3-15(25-8-12)28-17-16-14(10-26-31(16)6-7-33-11-20(21,22)23)27-19(29-17)30-18(32)13-4-5-24-9-13/h2-3,8,10,13,24H,4-7,9,11H2,1H3,(H2,25,27,28,29,30,32)/t13-/m0/s1. The van der Waals surface area contributed by atoms with Gasteiger partial charge in [0.25, 0.3) is 0 Å². The lowest BCUT2D eigenvalue weighted by molar-refractivity contribution is -0.174. The van der Waals surface area contributed by atoms with E-state index in [9.17, 15) is 18.0 Å². The number of ether oxygens (including phenoxy) is 1. The Morgan fingerprint density at radius 3 is 2.85 bits per heavy atom. The van der Waals surface area contributed by atoms with Gasteiger partial charge < -0.3 is 15.4 Å². The van der Waals surface area contributed by atoms with Gasteiger partial charge >= 0.3 is 6.18 Å². The first-order chi connectivity index (χ1) is 15.8. The van der Waals surface area contributed by atoms with E-state index < -0.39 is 12.8 Å². The molecule has 1 aliphatic heterocycles. The second kappa shape index (κ2) is 9.67. The van der Waals surface area contributed by atoms with Crippen LogP contribution in [0.1, 0.15) is 12.0 Å². The topological polar surface area (TPSA) is 119 Å². The SMILES string of the molecule is Cc1ccc(Nc2nc(NC(=O)[C@H]3CCNC3)nc3cnn(CCOCC(F)(F)F)c23)nc1. The Bertz CT molecular complexity index is 1110. The lowest BCUT2D eigenvalue weighted by Gasteiger charge is -2.13. The number of amides is 1. The molecule has 1 fully saturated rings. The Morgan fingerprint density at radius 2 is 2.15 bits per heavy atom. The zero-order valence-electron chi connectivity index (χ0n) is 17.8. The lowest BCUT2D eigenvalue weighted by atomic mass is 10.1. The van der Waals surface area contributed by atoms with Gasteiger partial charge in [0.1, 0.15) is 23.5 Å². The van der Waals surface area contributed by atoms with Crippen molar-refractivity contribution < 1.29 is 22.7 Å². The van der Waals surface area contributed by atoms with Crippen LogP contribution in [0.3, 0.4) is 0 Å². The molecule has 1 amide bonds. The Morgan fingerprint density at radius 1 is 1.30 bits per heavy atom. The van der Waals surface area contributed by atoms with Gasteiger partial charge in [-0.2, -0.15) is 23.3 Å².